The van der Waals surface area contributed by atoms with Crippen LogP contribution < -0.4 is 0 Å². The Morgan fingerprint density at radius 3 is 2.20 bits per heavy atom. The Hall–Kier alpha value is -1.43. The van der Waals surface area contributed by atoms with Crippen LogP contribution >= 0.6 is 15.9 Å². The molecule has 1 fully saturated rings. The third-order valence-corrected chi connectivity index (χ3v) is 7.31. The van der Waals surface area contributed by atoms with Crippen molar-refractivity contribution in [1.82, 2.24) is 4.31 Å². The fourth-order valence-electron chi connectivity index (χ4n) is 3.67. The summed E-state index contributed by atoms with van der Waals surface area (Å²) in [6.45, 7) is 9.64. The zero-order valence-electron chi connectivity index (χ0n) is 14.7. The Labute approximate surface area is 158 Å². The highest BCUT2D eigenvalue weighted by Crippen LogP contribution is 2.44. The number of halogens is 1. The van der Waals surface area contributed by atoms with E-state index in [0.29, 0.717) is 15.8 Å². The zero-order chi connectivity index (χ0) is 18.4. The second kappa shape index (κ2) is 6.71. The molecule has 1 aliphatic heterocycles. The maximum absolute atomic E-state index is 13.3. The third-order valence-electron chi connectivity index (χ3n) is 4.62. The molecule has 1 saturated heterocycles. The van der Waals surface area contributed by atoms with Gasteiger partial charge in [-0.25, -0.2) is 8.42 Å². The predicted molar refractivity (Wildman–Crippen MR) is 105 cm³/mol. The van der Waals surface area contributed by atoms with Crippen LogP contribution in [0, 0.1) is 20.8 Å². The second-order valence-electron chi connectivity index (χ2n) is 6.71. The molecule has 2 aromatic carbocycles. The van der Waals surface area contributed by atoms with Crippen molar-refractivity contribution >= 4 is 26.0 Å². The van der Waals surface area contributed by atoms with Gasteiger partial charge in [0.05, 0.1) is 17.0 Å². The Kier molecular flexibility index (Phi) is 4.93. The SMILES string of the molecule is C=C(Br)[C@H]1[C@H](Cc2ccccc2)N1S(=O)(=O)c1c(C)cc(C)cc1C. The number of sulfonamides is 1. The molecule has 1 unspecified atom stereocenters. The van der Waals surface area contributed by atoms with Gasteiger partial charge in [-0.3, -0.25) is 0 Å². The molecule has 3 rings (SSSR count). The van der Waals surface area contributed by atoms with Gasteiger partial charge in [0.1, 0.15) is 0 Å². The molecule has 0 aliphatic carbocycles. The lowest BCUT2D eigenvalue weighted by Gasteiger charge is -2.14. The van der Waals surface area contributed by atoms with Crippen molar-refractivity contribution in [2.75, 3.05) is 0 Å². The molecule has 5 heteroatoms. The number of hydrogen-bond donors (Lipinski definition) is 0. The zero-order valence-corrected chi connectivity index (χ0v) is 17.1. The van der Waals surface area contributed by atoms with Crippen LogP contribution in [0.1, 0.15) is 22.3 Å². The van der Waals surface area contributed by atoms with Crippen LogP contribution in [0.25, 0.3) is 0 Å². The summed E-state index contributed by atoms with van der Waals surface area (Å²) < 4.78 is 28.9. The maximum Gasteiger partial charge on any atom is 0.244 e. The fourth-order valence-corrected chi connectivity index (χ4v) is 6.53. The van der Waals surface area contributed by atoms with Gasteiger partial charge >= 0.3 is 0 Å². The Balaban J connectivity index is 1.98. The van der Waals surface area contributed by atoms with Crippen LogP contribution in [0.15, 0.2) is 58.4 Å². The average Bonchev–Trinajstić information content (AvgIpc) is 3.22. The minimum Gasteiger partial charge on any atom is -0.207 e. The van der Waals surface area contributed by atoms with E-state index in [-0.39, 0.29) is 12.1 Å². The molecule has 0 radical (unpaired) electrons. The average molecular weight is 420 g/mol. The standard InChI is InChI=1S/C20H22BrNO2S/c1-13-10-14(2)20(15(3)11-13)25(23,24)22-18(19(22)16(4)21)12-17-8-6-5-7-9-17/h5-11,18-19H,4,12H2,1-3H3/t18-,19-,22?/m0/s1. The highest BCUT2D eigenvalue weighted by Gasteiger charge is 2.56. The van der Waals surface area contributed by atoms with Gasteiger partial charge in [-0.05, 0) is 43.9 Å². The van der Waals surface area contributed by atoms with Crippen LogP contribution in [0.3, 0.4) is 0 Å². The number of benzene rings is 2. The second-order valence-corrected chi connectivity index (χ2v) is 9.51. The van der Waals surface area contributed by atoms with Crippen molar-refractivity contribution in [3.8, 4) is 0 Å². The number of rotatable bonds is 5. The maximum atomic E-state index is 13.3. The van der Waals surface area contributed by atoms with Crippen molar-refractivity contribution in [3.05, 3.63) is 75.8 Å². The molecule has 0 bridgehead atoms. The Morgan fingerprint density at radius 1 is 1.12 bits per heavy atom. The summed E-state index contributed by atoms with van der Waals surface area (Å²) in [5.74, 6) is 0. The van der Waals surface area contributed by atoms with Gasteiger partial charge in [0, 0.05) is 4.48 Å². The van der Waals surface area contributed by atoms with Gasteiger partial charge in [-0.15, -0.1) is 0 Å². The van der Waals surface area contributed by atoms with Crippen molar-refractivity contribution in [3.63, 3.8) is 0 Å². The van der Waals surface area contributed by atoms with E-state index in [9.17, 15) is 8.42 Å². The number of nitrogens with zero attached hydrogens (tertiary/aromatic N) is 1. The normalized spacial score (nSPS) is 22.6. The van der Waals surface area contributed by atoms with Crippen molar-refractivity contribution in [2.24, 2.45) is 0 Å². The van der Waals surface area contributed by atoms with Crippen molar-refractivity contribution in [2.45, 2.75) is 44.2 Å². The lowest BCUT2D eigenvalue weighted by Crippen LogP contribution is -2.19. The Morgan fingerprint density at radius 2 is 1.68 bits per heavy atom. The van der Waals surface area contributed by atoms with E-state index < -0.39 is 10.0 Å². The first-order valence-corrected chi connectivity index (χ1v) is 10.5. The van der Waals surface area contributed by atoms with E-state index in [1.807, 2.05) is 63.2 Å². The van der Waals surface area contributed by atoms with E-state index in [1.165, 1.54) is 0 Å². The van der Waals surface area contributed by atoms with Crippen LogP contribution in [0.5, 0.6) is 0 Å². The lowest BCUT2D eigenvalue weighted by atomic mass is 10.1. The van der Waals surface area contributed by atoms with Gasteiger partial charge in [0.25, 0.3) is 0 Å². The van der Waals surface area contributed by atoms with Crippen molar-refractivity contribution in [1.29, 1.82) is 0 Å². The number of aryl methyl sites for hydroxylation is 3. The van der Waals surface area contributed by atoms with Crippen LogP contribution in [-0.2, 0) is 16.4 Å². The van der Waals surface area contributed by atoms with Gasteiger partial charge < -0.3 is 0 Å². The first kappa shape index (κ1) is 18.4. The molecular formula is C20H22BrNO2S. The molecule has 0 saturated carbocycles. The molecule has 0 aromatic heterocycles. The summed E-state index contributed by atoms with van der Waals surface area (Å²) in [5, 5.41) is 0. The Bertz CT molecular complexity index is 899. The summed E-state index contributed by atoms with van der Waals surface area (Å²) in [6.07, 6.45) is 0.680. The van der Waals surface area contributed by atoms with E-state index in [1.54, 1.807) is 4.31 Å². The van der Waals surface area contributed by atoms with E-state index in [2.05, 4.69) is 22.5 Å². The van der Waals surface area contributed by atoms with Crippen LogP contribution in [-0.4, -0.2) is 24.8 Å². The quantitative estimate of drug-likeness (QED) is 0.668. The van der Waals surface area contributed by atoms with E-state index in [0.717, 1.165) is 22.3 Å². The summed E-state index contributed by atoms with van der Waals surface area (Å²) in [5.41, 5.74) is 3.78. The highest BCUT2D eigenvalue weighted by molar-refractivity contribution is 9.11. The summed E-state index contributed by atoms with van der Waals surface area (Å²) >= 11 is 3.41. The molecule has 1 heterocycles. The molecule has 2 aromatic rings. The van der Waals surface area contributed by atoms with Crippen molar-refractivity contribution < 1.29 is 8.42 Å². The summed E-state index contributed by atoms with van der Waals surface area (Å²) in [6, 6.07) is 13.5. The molecule has 0 N–H and O–H groups in total. The van der Waals surface area contributed by atoms with Gasteiger partial charge in [0.2, 0.25) is 10.0 Å². The minimum absolute atomic E-state index is 0.0978. The van der Waals surface area contributed by atoms with E-state index in [4.69, 9.17) is 0 Å². The highest BCUT2D eigenvalue weighted by atomic mass is 79.9. The summed E-state index contributed by atoms with van der Waals surface area (Å²) in [7, 11) is -3.56. The molecule has 25 heavy (non-hydrogen) atoms. The molecule has 1 aliphatic rings. The predicted octanol–water partition coefficient (Wildman–Crippen LogP) is 4.50. The number of hydrogen-bond acceptors (Lipinski definition) is 2. The monoisotopic (exact) mass is 419 g/mol. The summed E-state index contributed by atoms with van der Waals surface area (Å²) in [4.78, 5) is 0.424. The molecule has 3 atom stereocenters. The topological polar surface area (TPSA) is 37.1 Å². The lowest BCUT2D eigenvalue weighted by molar-refractivity contribution is 0.546. The molecule has 3 nitrogen and oxygen atoms in total. The fraction of sp³-hybridized carbons (Fsp3) is 0.300. The van der Waals surface area contributed by atoms with E-state index >= 15 is 0 Å². The van der Waals surface area contributed by atoms with Gasteiger partial charge in [-0.1, -0.05) is 70.5 Å². The van der Waals surface area contributed by atoms with Crippen LogP contribution in [0.2, 0.25) is 0 Å². The first-order valence-electron chi connectivity index (χ1n) is 8.23. The molecule has 0 amide bonds. The van der Waals surface area contributed by atoms with Crippen LogP contribution in [0.4, 0.5) is 0 Å². The van der Waals surface area contributed by atoms with Gasteiger partial charge in [-0.2, -0.15) is 4.31 Å². The minimum atomic E-state index is -3.56. The largest absolute Gasteiger partial charge is 0.244 e. The first-order chi connectivity index (χ1) is 11.7. The molecular weight excluding hydrogens is 398 g/mol. The van der Waals surface area contributed by atoms with Gasteiger partial charge in [0.15, 0.2) is 0 Å². The smallest absolute Gasteiger partial charge is 0.207 e. The third kappa shape index (κ3) is 3.46. The molecule has 132 valence electrons. The molecule has 0 spiro atoms.